The van der Waals surface area contributed by atoms with Crippen LogP contribution < -0.4 is 0 Å². The van der Waals surface area contributed by atoms with Crippen LogP contribution >= 0.6 is 0 Å². The molecule has 0 saturated heterocycles. The number of rotatable bonds is 6. The summed E-state index contributed by atoms with van der Waals surface area (Å²) in [5.41, 5.74) is 3.94. The zero-order chi connectivity index (χ0) is 16.2. The highest BCUT2D eigenvalue weighted by molar-refractivity contribution is 6.93. The lowest BCUT2D eigenvalue weighted by Crippen LogP contribution is -2.48. The van der Waals surface area contributed by atoms with E-state index in [1.54, 1.807) is 12.4 Å². The van der Waals surface area contributed by atoms with E-state index < -0.39 is 16.6 Å². The molecule has 0 aromatic rings. The van der Waals surface area contributed by atoms with Crippen LogP contribution in [0.4, 0.5) is 0 Å². The van der Waals surface area contributed by atoms with Crippen molar-refractivity contribution in [3.05, 3.63) is 35.6 Å². The third kappa shape index (κ3) is 3.83. The molecule has 120 valence electrons. The van der Waals surface area contributed by atoms with E-state index in [9.17, 15) is 0 Å². The average Bonchev–Trinajstić information content (AvgIpc) is 3.01. The van der Waals surface area contributed by atoms with E-state index in [1.807, 2.05) is 11.4 Å². The number of aliphatic imine (C=N–C) groups is 2. The lowest BCUT2D eigenvalue weighted by atomic mass is 9.89. The van der Waals surface area contributed by atoms with Gasteiger partial charge in [-0.1, -0.05) is 30.7 Å². The second kappa shape index (κ2) is 7.02. The van der Waals surface area contributed by atoms with Gasteiger partial charge in [-0.2, -0.15) is 0 Å². The molecule has 0 amide bonds. The molecule has 0 unspecified atom stereocenters. The number of allylic oxidation sites excluding steroid dienone is 1. The summed E-state index contributed by atoms with van der Waals surface area (Å²) in [7, 11) is -4.15. The molecule has 2 rings (SSSR count). The van der Waals surface area contributed by atoms with Crippen molar-refractivity contribution in [2.45, 2.75) is 51.7 Å². The number of hydrogen-bond donors (Lipinski definition) is 0. The number of nitrogens with zero attached hydrogens (tertiary/aromatic N) is 2. The fraction of sp³-hybridized carbons (Fsp3) is 0.529. The van der Waals surface area contributed by atoms with Gasteiger partial charge in [0.15, 0.2) is 0 Å². The van der Waals surface area contributed by atoms with Crippen molar-refractivity contribution in [1.82, 2.24) is 0 Å². The summed E-state index contributed by atoms with van der Waals surface area (Å²) in [6, 6.07) is 0. The van der Waals surface area contributed by atoms with Crippen molar-refractivity contribution >= 4 is 29.1 Å². The second-order valence-corrected chi connectivity index (χ2v) is 14.4. The molecular formula is C17H28N2OSi2. The van der Waals surface area contributed by atoms with Crippen molar-refractivity contribution in [3.63, 3.8) is 0 Å². The molecule has 0 atom stereocenters. The zero-order valence-electron chi connectivity index (χ0n) is 14.1. The molecule has 2 aliphatic rings. The SMILES string of the molecule is C=C[Si](C)(C=C)O[Si](C)(C)C(=C1N=CC=N1)C1CCCCC1. The van der Waals surface area contributed by atoms with Crippen molar-refractivity contribution in [2.75, 3.05) is 0 Å². The minimum Gasteiger partial charge on any atom is -0.446 e. The van der Waals surface area contributed by atoms with Crippen molar-refractivity contribution in [2.24, 2.45) is 15.9 Å². The summed E-state index contributed by atoms with van der Waals surface area (Å²) >= 11 is 0. The van der Waals surface area contributed by atoms with E-state index in [-0.39, 0.29) is 0 Å². The summed E-state index contributed by atoms with van der Waals surface area (Å²) in [4.78, 5) is 9.02. The molecule has 0 spiro atoms. The second-order valence-electron chi connectivity index (χ2n) is 6.83. The van der Waals surface area contributed by atoms with E-state index >= 15 is 0 Å². The Balaban J connectivity index is 2.37. The fourth-order valence-corrected chi connectivity index (χ4v) is 11.1. The van der Waals surface area contributed by atoms with Gasteiger partial charge < -0.3 is 4.12 Å². The first-order valence-electron chi connectivity index (χ1n) is 8.20. The summed E-state index contributed by atoms with van der Waals surface area (Å²) in [6.45, 7) is 14.7. The van der Waals surface area contributed by atoms with Crippen LogP contribution in [0, 0.1) is 5.92 Å². The Kier molecular flexibility index (Phi) is 5.52. The molecule has 1 saturated carbocycles. The molecule has 22 heavy (non-hydrogen) atoms. The van der Waals surface area contributed by atoms with Crippen LogP contribution in [0.5, 0.6) is 0 Å². The van der Waals surface area contributed by atoms with Crippen molar-refractivity contribution in [1.29, 1.82) is 0 Å². The molecule has 0 aromatic heterocycles. The first-order chi connectivity index (χ1) is 10.4. The highest BCUT2D eigenvalue weighted by Gasteiger charge is 2.41. The molecule has 0 bridgehead atoms. The van der Waals surface area contributed by atoms with Gasteiger partial charge >= 0.3 is 0 Å². The minimum absolute atomic E-state index is 0.575. The van der Waals surface area contributed by atoms with E-state index in [0.717, 1.165) is 5.82 Å². The molecule has 3 nitrogen and oxygen atoms in total. The van der Waals surface area contributed by atoms with Crippen LogP contribution in [-0.4, -0.2) is 29.1 Å². The van der Waals surface area contributed by atoms with Gasteiger partial charge in [0.25, 0.3) is 0 Å². The molecule has 0 N–H and O–H groups in total. The zero-order valence-corrected chi connectivity index (χ0v) is 16.1. The van der Waals surface area contributed by atoms with Gasteiger partial charge in [0.2, 0.25) is 16.6 Å². The highest BCUT2D eigenvalue weighted by atomic mass is 28.4. The Morgan fingerprint density at radius 1 is 1.09 bits per heavy atom. The summed E-state index contributed by atoms with van der Waals surface area (Å²) < 4.78 is 6.69. The van der Waals surface area contributed by atoms with E-state index in [4.69, 9.17) is 4.12 Å². The van der Waals surface area contributed by atoms with Crippen LogP contribution in [0.15, 0.2) is 45.6 Å². The van der Waals surface area contributed by atoms with Crippen LogP contribution in [-0.2, 0) is 4.12 Å². The normalized spacial score (nSPS) is 19.5. The molecule has 0 aromatic carbocycles. The fourth-order valence-electron chi connectivity index (χ4n) is 3.49. The predicted molar refractivity (Wildman–Crippen MR) is 101 cm³/mol. The molecule has 1 aliphatic heterocycles. The standard InChI is InChI=1S/C17H28N2OSi2/c1-6-22(5,7-2)20-21(3,4)16(17-18-13-14-19-17)15-11-9-8-10-12-15/h6-7,13-15H,1-2,8-12H2,3-5H3. The van der Waals surface area contributed by atoms with Gasteiger partial charge in [0, 0.05) is 12.4 Å². The highest BCUT2D eigenvalue weighted by Crippen LogP contribution is 2.39. The Bertz CT molecular complexity index is 507. The Morgan fingerprint density at radius 2 is 1.64 bits per heavy atom. The van der Waals surface area contributed by atoms with Gasteiger partial charge in [-0.25, -0.2) is 9.98 Å². The summed E-state index contributed by atoms with van der Waals surface area (Å²) in [6.07, 6.45) is 10.0. The third-order valence-corrected chi connectivity index (χ3v) is 12.0. The van der Waals surface area contributed by atoms with Crippen LogP contribution in [0.1, 0.15) is 32.1 Å². The minimum atomic E-state index is -2.09. The van der Waals surface area contributed by atoms with Gasteiger partial charge in [0.1, 0.15) is 5.82 Å². The largest absolute Gasteiger partial charge is 0.446 e. The van der Waals surface area contributed by atoms with Crippen LogP contribution in [0.25, 0.3) is 0 Å². The molecule has 1 heterocycles. The smallest absolute Gasteiger partial charge is 0.226 e. The maximum absolute atomic E-state index is 6.69. The van der Waals surface area contributed by atoms with Gasteiger partial charge in [-0.05, 0) is 43.6 Å². The number of hydrogen-bond acceptors (Lipinski definition) is 3. The molecule has 1 fully saturated rings. The summed E-state index contributed by atoms with van der Waals surface area (Å²) in [5.74, 6) is 1.48. The molecule has 1 aliphatic carbocycles. The quantitative estimate of drug-likeness (QED) is 0.648. The lowest BCUT2D eigenvalue weighted by Gasteiger charge is -2.38. The van der Waals surface area contributed by atoms with Gasteiger partial charge in [-0.15, -0.1) is 13.2 Å². The Labute approximate surface area is 136 Å². The van der Waals surface area contributed by atoms with E-state index in [2.05, 4.69) is 42.8 Å². The maximum Gasteiger partial charge on any atom is 0.226 e. The van der Waals surface area contributed by atoms with Gasteiger partial charge in [0.05, 0.1) is 0 Å². The maximum atomic E-state index is 6.69. The Hall–Kier alpha value is -1.05. The third-order valence-electron chi connectivity index (χ3n) is 4.65. The van der Waals surface area contributed by atoms with E-state index in [1.165, 1.54) is 37.3 Å². The van der Waals surface area contributed by atoms with E-state index in [0.29, 0.717) is 5.92 Å². The van der Waals surface area contributed by atoms with Gasteiger partial charge in [-0.3, -0.25) is 0 Å². The summed E-state index contributed by atoms with van der Waals surface area (Å²) in [5, 5.41) is 1.39. The molecule has 5 heteroatoms. The Morgan fingerprint density at radius 3 is 2.14 bits per heavy atom. The predicted octanol–water partition coefficient (Wildman–Crippen LogP) is 4.72. The first kappa shape index (κ1) is 17.3. The van der Waals surface area contributed by atoms with Crippen LogP contribution in [0.3, 0.4) is 0 Å². The lowest BCUT2D eigenvalue weighted by molar-refractivity contribution is 0.402. The molecule has 0 radical (unpaired) electrons. The first-order valence-corrected chi connectivity index (χ1v) is 13.7. The topological polar surface area (TPSA) is 34.0 Å². The average molecular weight is 333 g/mol. The monoisotopic (exact) mass is 332 g/mol. The van der Waals surface area contributed by atoms with Crippen molar-refractivity contribution in [3.8, 4) is 0 Å². The van der Waals surface area contributed by atoms with Crippen molar-refractivity contribution < 1.29 is 4.12 Å². The molecular weight excluding hydrogens is 304 g/mol. The van der Waals surface area contributed by atoms with Crippen LogP contribution in [0.2, 0.25) is 19.6 Å².